The fourth-order valence-corrected chi connectivity index (χ4v) is 2.78. The Balaban J connectivity index is 2.12. The van der Waals surface area contributed by atoms with Crippen LogP contribution in [0.25, 0.3) is 0 Å². The number of imide groups is 1. The van der Waals surface area contributed by atoms with Gasteiger partial charge in [0.2, 0.25) is 0 Å². The highest BCUT2D eigenvalue weighted by molar-refractivity contribution is 6.25. The first kappa shape index (κ1) is 22.1. The molecule has 0 fully saturated rings. The lowest BCUT2D eigenvalue weighted by molar-refractivity contribution is -0.384. The van der Waals surface area contributed by atoms with Crippen molar-refractivity contribution in [2.24, 2.45) is 0 Å². The summed E-state index contributed by atoms with van der Waals surface area (Å²) in [6, 6.07) is 13.2. The van der Waals surface area contributed by atoms with Crippen molar-refractivity contribution in [3.05, 3.63) is 93.6 Å². The van der Waals surface area contributed by atoms with Crippen molar-refractivity contribution in [1.82, 2.24) is 9.97 Å². The summed E-state index contributed by atoms with van der Waals surface area (Å²) in [7, 11) is 0. The number of hydrogen-bond donors (Lipinski definition) is 0. The van der Waals surface area contributed by atoms with Gasteiger partial charge in [0, 0.05) is 26.0 Å². The van der Waals surface area contributed by atoms with Gasteiger partial charge in [0.05, 0.1) is 10.6 Å². The summed E-state index contributed by atoms with van der Waals surface area (Å²) in [5, 5.41) is 11.0. The maximum absolute atomic E-state index is 13.3. The number of anilines is 1. The second-order valence-corrected chi connectivity index (χ2v) is 6.65. The van der Waals surface area contributed by atoms with Crippen LogP contribution in [0.4, 0.5) is 11.4 Å². The van der Waals surface area contributed by atoms with Crippen molar-refractivity contribution in [3.63, 3.8) is 0 Å². The fourth-order valence-electron chi connectivity index (χ4n) is 2.78. The predicted molar refractivity (Wildman–Crippen MR) is 113 cm³/mol. The smallest absolute Gasteiger partial charge is 0.283 e. The van der Waals surface area contributed by atoms with Gasteiger partial charge in [0.15, 0.2) is 11.6 Å². The molecule has 0 bridgehead atoms. The van der Waals surface area contributed by atoms with Gasteiger partial charge in [-0.2, -0.15) is 0 Å². The van der Waals surface area contributed by atoms with Crippen molar-refractivity contribution in [2.75, 3.05) is 4.90 Å². The summed E-state index contributed by atoms with van der Waals surface area (Å²) >= 11 is 0. The van der Waals surface area contributed by atoms with Crippen molar-refractivity contribution in [1.29, 1.82) is 0 Å². The van der Waals surface area contributed by atoms with E-state index in [-0.39, 0.29) is 45.7 Å². The second-order valence-electron chi connectivity index (χ2n) is 6.65. The second kappa shape index (κ2) is 9.04. The van der Waals surface area contributed by atoms with Crippen LogP contribution >= 0.6 is 0 Å². The highest BCUT2D eigenvalue weighted by atomic mass is 16.6. The highest BCUT2D eigenvalue weighted by Gasteiger charge is 2.29. The largest absolute Gasteiger partial charge is 0.293 e. The minimum atomic E-state index is -0.873. The van der Waals surface area contributed by atoms with E-state index in [0.29, 0.717) is 0 Å². The molecule has 3 aromatic rings. The van der Waals surface area contributed by atoms with Crippen molar-refractivity contribution >= 4 is 34.8 Å². The molecule has 0 aliphatic carbocycles. The van der Waals surface area contributed by atoms with Crippen LogP contribution in [0.3, 0.4) is 0 Å². The number of ketones is 2. The van der Waals surface area contributed by atoms with Crippen LogP contribution < -0.4 is 4.90 Å². The molecule has 0 saturated heterocycles. The Labute approximate surface area is 181 Å². The lowest BCUT2D eigenvalue weighted by Gasteiger charge is -2.20. The molecule has 10 heteroatoms. The number of nitro benzene ring substituents is 1. The number of carbonyl (C=O) groups excluding carboxylic acids is 4. The summed E-state index contributed by atoms with van der Waals surface area (Å²) in [5.74, 6) is -2.49. The summed E-state index contributed by atoms with van der Waals surface area (Å²) < 4.78 is 0. The van der Waals surface area contributed by atoms with Crippen LogP contribution in [0.2, 0.25) is 0 Å². The maximum atomic E-state index is 13.3. The Hall–Kier alpha value is -4.60. The third kappa shape index (κ3) is 4.59. The van der Waals surface area contributed by atoms with Gasteiger partial charge >= 0.3 is 0 Å². The SMILES string of the molecule is CC(=O)c1cccc(C(=O)N(C(=O)c2cccc(C(C)=O)n2)c2ccc([N+](=O)[O-])cc2)n1. The molecule has 32 heavy (non-hydrogen) atoms. The highest BCUT2D eigenvalue weighted by Crippen LogP contribution is 2.23. The fraction of sp³-hybridized carbons (Fsp3) is 0.0909. The summed E-state index contributed by atoms with van der Waals surface area (Å²) in [6.07, 6.45) is 0. The lowest BCUT2D eigenvalue weighted by atomic mass is 10.2. The van der Waals surface area contributed by atoms with Gasteiger partial charge in [-0.15, -0.1) is 0 Å². The number of non-ortho nitro benzene ring substituents is 1. The van der Waals surface area contributed by atoms with E-state index >= 15 is 0 Å². The average Bonchev–Trinajstić information content (AvgIpc) is 2.79. The molecule has 2 aromatic heterocycles. The standard InChI is InChI=1S/C22H16N4O6/c1-13(27)17-5-3-7-19(23-17)21(29)25(15-9-11-16(12-10-15)26(31)32)22(30)20-8-4-6-18(24-20)14(2)28/h3-12H,1-2H3. The van der Waals surface area contributed by atoms with Gasteiger partial charge in [-0.3, -0.25) is 29.3 Å². The zero-order valence-corrected chi connectivity index (χ0v) is 17.0. The van der Waals surface area contributed by atoms with Crippen LogP contribution in [0.5, 0.6) is 0 Å². The first-order valence-corrected chi connectivity index (χ1v) is 9.28. The topological polar surface area (TPSA) is 140 Å². The number of amides is 2. The molecular weight excluding hydrogens is 416 g/mol. The Morgan fingerprint density at radius 2 is 1.12 bits per heavy atom. The van der Waals surface area contributed by atoms with Gasteiger partial charge < -0.3 is 0 Å². The van der Waals surface area contributed by atoms with Gasteiger partial charge in [-0.1, -0.05) is 12.1 Å². The molecular formula is C22H16N4O6. The normalized spacial score (nSPS) is 10.3. The lowest BCUT2D eigenvalue weighted by Crippen LogP contribution is -2.38. The molecule has 3 rings (SSSR count). The zero-order chi connectivity index (χ0) is 23.4. The van der Waals surface area contributed by atoms with E-state index in [9.17, 15) is 29.3 Å². The van der Waals surface area contributed by atoms with Crippen LogP contribution in [-0.4, -0.2) is 38.3 Å². The molecule has 0 N–H and O–H groups in total. The average molecular weight is 432 g/mol. The maximum Gasteiger partial charge on any atom is 0.283 e. The summed E-state index contributed by atoms with van der Waals surface area (Å²) in [6.45, 7) is 2.57. The molecule has 2 heterocycles. The van der Waals surface area contributed by atoms with E-state index in [2.05, 4.69) is 9.97 Å². The Morgan fingerprint density at radius 1 is 0.719 bits per heavy atom. The Kier molecular flexibility index (Phi) is 6.24. The van der Waals surface area contributed by atoms with E-state index < -0.39 is 16.7 Å². The quantitative estimate of drug-likeness (QED) is 0.250. The van der Waals surface area contributed by atoms with E-state index in [1.54, 1.807) is 0 Å². The molecule has 0 aliphatic rings. The third-order valence-electron chi connectivity index (χ3n) is 4.38. The zero-order valence-electron chi connectivity index (χ0n) is 17.0. The van der Waals surface area contributed by atoms with Gasteiger partial charge in [0.25, 0.3) is 17.5 Å². The van der Waals surface area contributed by atoms with Crippen LogP contribution in [0.15, 0.2) is 60.7 Å². The first-order valence-electron chi connectivity index (χ1n) is 9.28. The number of pyridine rings is 2. The molecule has 0 aliphatic heterocycles. The molecule has 0 spiro atoms. The van der Waals surface area contributed by atoms with E-state index in [1.807, 2.05) is 0 Å². The van der Waals surface area contributed by atoms with Crippen LogP contribution in [0.1, 0.15) is 55.8 Å². The van der Waals surface area contributed by atoms with Crippen molar-refractivity contribution in [3.8, 4) is 0 Å². The number of rotatable bonds is 6. The molecule has 0 saturated carbocycles. The number of Topliss-reactive ketones (excluding diaryl/α,β-unsaturated/α-hetero) is 2. The Bertz CT molecular complexity index is 1180. The van der Waals surface area contributed by atoms with E-state index in [4.69, 9.17) is 0 Å². The van der Waals surface area contributed by atoms with Gasteiger partial charge in [0.1, 0.15) is 22.8 Å². The van der Waals surface area contributed by atoms with E-state index in [0.717, 1.165) is 17.0 Å². The minimum absolute atomic E-state index is 0.0238. The molecule has 0 unspecified atom stereocenters. The molecule has 0 atom stereocenters. The predicted octanol–water partition coefficient (Wildman–Crippen LogP) is 3.28. The minimum Gasteiger partial charge on any atom is -0.293 e. The van der Waals surface area contributed by atoms with Crippen LogP contribution in [0, 0.1) is 10.1 Å². The molecule has 10 nitrogen and oxygen atoms in total. The molecule has 2 amide bonds. The number of nitro groups is 1. The molecule has 1 aromatic carbocycles. The summed E-state index contributed by atoms with van der Waals surface area (Å²) in [5.41, 5.74) is -0.524. The van der Waals surface area contributed by atoms with Gasteiger partial charge in [-0.25, -0.2) is 14.9 Å². The summed E-state index contributed by atoms with van der Waals surface area (Å²) in [4.78, 5) is 69.0. The number of nitrogens with zero attached hydrogens (tertiary/aromatic N) is 4. The number of hydrogen-bond acceptors (Lipinski definition) is 8. The van der Waals surface area contributed by atoms with Crippen molar-refractivity contribution < 1.29 is 24.1 Å². The molecule has 0 radical (unpaired) electrons. The van der Waals surface area contributed by atoms with E-state index in [1.165, 1.54) is 62.4 Å². The van der Waals surface area contributed by atoms with Crippen LogP contribution in [-0.2, 0) is 0 Å². The van der Waals surface area contributed by atoms with Crippen molar-refractivity contribution in [2.45, 2.75) is 13.8 Å². The number of benzene rings is 1. The Morgan fingerprint density at radius 3 is 1.50 bits per heavy atom. The van der Waals surface area contributed by atoms with Gasteiger partial charge in [-0.05, 0) is 36.4 Å². The number of carbonyl (C=O) groups is 4. The monoisotopic (exact) mass is 432 g/mol. The third-order valence-corrected chi connectivity index (χ3v) is 4.38. The molecule has 160 valence electrons. The number of aromatic nitrogens is 2. The first-order chi connectivity index (χ1) is 15.2.